The van der Waals surface area contributed by atoms with E-state index in [1.54, 1.807) is 24.3 Å². The van der Waals surface area contributed by atoms with Crippen LogP contribution in [-0.4, -0.2) is 11.8 Å². The number of rotatable bonds is 3. The van der Waals surface area contributed by atoms with Gasteiger partial charge in [-0.3, -0.25) is 9.59 Å². The van der Waals surface area contributed by atoms with Gasteiger partial charge in [-0.25, -0.2) is 0 Å². The van der Waals surface area contributed by atoms with Gasteiger partial charge in [-0.2, -0.15) is 0 Å². The number of thiophene rings is 1. The fourth-order valence-corrected chi connectivity index (χ4v) is 3.16. The number of nitrogens with one attached hydrogen (secondary N) is 1. The molecule has 3 rings (SSSR count). The third-order valence-corrected chi connectivity index (χ3v) is 4.42. The van der Waals surface area contributed by atoms with E-state index in [9.17, 15) is 9.59 Å². The number of hydrogen-bond acceptors (Lipinski definition) is 3. The Labute approximate surface area is 131 Å². The van der Waals surface area contributed by atoms with E-state index < -0.39 is 5.91 Å². The minimum absolute atomic E-state index is 0.194. The van der Waals surface area contributed by atoms with Gasteiger partial charge in [-0.1, -0.05) is 23.8 Å². The van der Waals surface area contributed by atoms with Crippen molar-refractivity contribution in [2.75, 3.05) is 5.32 Å². The number of amides is 2. The second-order valence-electron chi connectivity index (χ2n) is 5.05. The number of primary amides is 1. The summed E-state index contributed by atoms with van der Waals surface area (Å²) in [7, 11) is 0. The Morgan fingerprint density at radius 3 is 2.68 bits per heavy atom. The Morgan fingerprint density at radius 1 is 1.09 bits per heavy atom. The molecule has 0 aliphatic rings. The summed E-state index contributed by atoms with van der Waals surface area (Å²) >= 11 is 1.44. The zero-order chi connectivity index (χ0) is 15.7. The molecular weight excluding hydrogens is 296 g/mol. The zero-order valence-corrected chi connectivity index (χ0v) is 12.7. The van der Waals surface area contributed by atoms with Crippen molar-refractivity contribution in [2.24, 2.45) is 5.73 Å². The molecule has 1 aromatic heterocycles. The molecule has 0 atom stereocenters. The van der Waals surface area contributed by atoms with Gasteiger partial charge < -0.3 is 11.1 Å². The van der Waals surface area contributed by atoms with Crippen molar-refractivity contribution in [2.45, 2.75) is 6.92 Å². The number of carbonyl (C=O) groups is 2. The summed E-state index contributed by atoms with van der Waals surface area (Å²) in [6.45, 7) is 2.02. The average molecular weight is 310 g/mol. The summed E-state index contributed by atoms with van der Waals surface area (Å²) in [6.07, 6.45) is 0. The minimum Gasteiger partial charge on any atom is -0.366 e. The lowest BCUT2D eigenvalue weighted by Gasteiger charge is -2.04. The summed E-state index contributed by atoms with van der Waals surface area (Å²) < 4.78 is 1.07. The van der Waals surface area contributed by atoms with E-state index in [2.05, 4.69) is 11.4 Å². The van der Waals surface area contributed by atoms with E-state index in [0.717, 1.165) is 15.6 Å². The molecule has 4 nitrogen and oxygen atoms in total. The molecule has 0 fully saturated rings. The molecule has 5 heteroatoms. The van der Waals surface area contributed by atoms with Crippen molar-refractivity contribution in [3.8, 4) is 0 Å². The van der Waals surface area contributed by atoms with Crippen molar-refractivity contribution in [3.05, 3.63) is 64.5 Å². The maximum Gasteiger partial charge on any atom is 0.265 e. The van der Waals surface area contributed by atoms with E-state index >= 15 is 0 Å². The molecule has 0 radical (unpaired) electrons. The first kappa shape index (κ1) is 14.3. The first-order valence-corrected chi connectivity index (χ1v) is 7.56. The standard InChI is InChI=1S/C17H14N2O2S/c1-10-5-6-14-12(7-10)9-15(22-14)17(21)19-13-4-2-3-11(8-13)16(18)20/h2-9H,1H3,(H2,18,20)(H,19,21). The number of anilines is 1. The highest BCUT2D eigenvalue weighted by molar-refractivity contribution is 7.20. The van der Waals surface area contributed by atoms with Crippen LogP contribution in [0, 0.1) is 6.92 Å². The average Bonchev–Trinajstić information content (AvgIpc) is 2.90. The van der Waals surface area contributed by atoms with Gasteiger partial charge >= 0.3 is 0 Å². The number of benzene rings is 2. The third kappa shape index (κ3) is 2.84. The normalized spacial score (nSPS) is 10.6. The fraction of sp³-hybridized carbons (Fsp3) is 0.0588. The number of hydrogen-bond donors (Lipinski definition) is 2. The van der Waals surface area contributed by atoms with E-state index in [4.69, 9.17) is 5.73 Å². The first-order valence-electron chi connectivity index (χ1n) is 6.74. The van der Waals surface area contributed by atoms with Gasteiger partial charge in [0, 0.05) is 16.0 Å². The maximum absolute atomic E-state index is 12.3. The van der Waals surface area contributed by atoms with Gasteiger partial charge in [0.05, 0.1) is 4.88 Å². The lowest BCUT2D eigenvalue weighted by molar-refractivity contribution is 0.0996. The van der Waals surface area contributed by atoms with Crippen LogP contribution in [0.5, 0.6) is 0 Å². The summed E-state index contributed by atoms with van der Waals surface area (Å²) in [5.41, 5.74) is 7.32. The quantitative estimate of drug-likeness (QED) is 0.776. The molecule has 2 amide bonds. The predicted octanol–water partition coefficient (Wildman–Crippen LogP) is 3.56. The fourth-order valence-electron chi connectivity index (χ4n) is 2.22. The molecule has 3 aromatic rings. The summed E-state index contributed by atoms with van der Waals surface area (Å²) in [5.74, 6) is -0.714. The Morgan fingerprint density at radius 2 is 1.91 bits per heavy atom. The number of aryl methyl sites for hydroxylation is 1. The molecule has 1 heterocycles. The van der Waals surface area contributed by atoms with Crippen LogP contribution < -0.4 is 11.1 Å². The maximum atomic E-state index is 12.3. The van der Waals surface area contributed by atoms with Gasteiger partial charge in [0.1, 0.15) is 0 Å². The highest BCUT2D eigenvalue weighted by Gasteiger charge is 2.11. The molecule has 2 aromatic carbocycles. The molecule has 110 valence electrons. The lowest BCUT2D eigenvalue weighted by atomic mass is 10.2. The molecule has 3 N–H and O–H groups in total. The molecule has 0 saturated heterocycles. The molecule has 0 aliphatic carbocycles. The summed E-state index contributed by atoms with van der Waals surface area (Å²) in [5, 5.41) is 3.85. The van der Waals surface area contributed by atoms with Crippen LogP contribution in [0.3, 0.4) is 0 Å². The second kappa shape index (κ2) is 5.61. The van der Waals surface area contributed by atoms with Crippen LogP contribution in [0.4, 0.5) is 5.69 Å². The largest absolute Gasteiger partial charge is 0.366 e. The van der Waals surface area contributed by atoms with E-state index in [0.29, 0.717) is 16.1 Å². The molecule has 0 aliphatic heterocycles. The molecule has 0 spiro atoms. The van der Waals surface area contributed by atoms with Crippen LogP contribution in [-0.2, 0) is 0 Å². The Bertz CT molecular complexity index is 883. The van der Waals surface area contributed by atoms with Gasteiger partial charge in [0.25, 0.3) is 5.91 Å². The Balaban J connectivity index is 1.86. The molecule has 0 bridgehead atoms. The van der Waals surface area contributed by atoms with Crippen molar-refractivity contribution in [1.29, 1.82) is 0 Å². The van der Waals surface area contributed by atoms with Gasteiger partial charge in [0.2, 0.25) is 5.91 Å². The van der Waals surface area contributed by atoms with E-state index in [1.807, 2.05) is 25.1 Å². The molecule has 22 heavy (non-hydrogen) atoms. The SMILES string of the molecule is Cc1ccc2sc(C(=O)Nc3cccc(C(N)=O)c3)cc2c1. The Hall–Kier alpha value is -2.66. The van der Waals surface area contributed by atoms with E-state index in [1.165, 1.54) is 11.3 Å². The van der Waals surface area contributed by atoms with Gasteiger partial charge in [0.15, 0.2) is 0 Å². The molecule has 0 unspecified atom stereocenters. The summed E-state index contributed by atoms with van der Waals surface area (Å²) in [6, 6.07) is 14.6. The van der Waals surface area contributed by atoms with Crippen LogP contribution in [0.2, 0.25) is 0 Å². The van der Waals surface area contributed by atoms with Crippen molar-refractivity contribution < 1.29 is 9.59 Å². The van der Waals surface area contributed by atoms with Crippen LogP contribution in [0.25, 0.3) is 10.1 Å². The van der Waals surface area contributed by atoms with Gasteiger partial charge in [-0.15, -0.1) is 11.3 Å². The minimum atomic E-state index is -0.520. The van der Waals surface area contributed by atoms with Gasteiger partial charge in [-0.05, 0) is 42.6 Å². The van der Waals surface area contributed by atoms with Crippen LogP contribution >= 0.6 is 11.3 Å². The highest BCUT2D eigenvalue weighted by Crippen LogP contribution is 2.27. The third-order valence-electron chi connectivity index (χ3n) is 3.30. The first-order chi connectivity index (χ1) is 10.5. The molecular formula is C17H14N2O2S. The number of carbonyl (C=O) groups excluding carboxylic acids is 2. The second-order valence-corrected chi connectivity index (χ2v) is 6.13. The van der Waals surface area contributed by atoms with Crippen molar-refractivity contribution >= 4 is 38.9 Å². The smallest absolute Gasteiger partial charge is 0.265 e. The summed E-state index contributed by atoms with van der Waals surface area (Å²) in [4.78, 5) is 24.1. The van der Waals surface area contributed by atoms with Crippen LogP contribution in [0.1, 0.15) is 25.6 Å². The topological polar surface area (TPSA) is 72.2 Å². The Kier molecular flexibility index (Phi) is 3.65. The lowest BCUT2D eigenvalue weighted by Crippen LogP contribution is -2.13. The van der Waals surface area contributed by atoms with Crippen LogP contribution in [0.15, 0.2) is 48.5 Å². The van der Waals surface area contributed by atoms with Crippen molar-refractivity contribution in [1.82, 2.24) is 0 Å². The highest BCUT2D eigenvalue weighted by atomic mass is 32.1. The number of fused-ring (bicyclic) bond motifs is 1. The van der Waals surface area contributed by atoms with Crippen molar-refractivity contribution in [3.63, 3.8) is 0 Å². The predicted molar refractivity (Wildman–Crippen MR) is 89.5 cm³/mol. The molecule has 0 saturated carbocycles. The monoisotopic (exact) mass is 310 g/mol. The van der Waals surface area contributed by atoms with E-state index in [-0.39, 0.29) is 5.91 Å². The number of nitrogens with two attached hydrogens (primary N) is 1. The zero-order valence-electron chi connectivity index (χ0n) is 11.9.